The average molecular weight is 302 g/mol. The van der Waals surface area contributed by atoms with E-state index in [9.17, 15) is 0 Å². The van der Waals surface area contributed by atoms with E-state index >= 15 is 0 Å². The van der Waals surface area contributed by atoms with E-state index in [1.807, 2.05) is 36.4 Å². The van der Waals surface area contributed by atoms with Crippen LogP contribution in [0.5, 0.6) is 0 Å². The van der Waals surface area contributed by atoms with E-state index < -0.39 is 0 Å². The van der Waals surface area contributed by atoms with Crippen molar-refractivity contribution in [3.63, 3.8) is 0 Å². The molecule has 1 fully saturated rings. The van der Waals surface area contributed by atoms with Gasteiger partial charge < -0.3 is 5.32 Å². The summed E-state index contributed by atoms with van der Waals surface area (Å²) in [5.41, 5.74) is 1.93. The molecule has 1 aliphatic rings. The highest BCUT2D eigenvalue weighted by atomic mass is 35.5. The van der Waals surface area contributed by atoms with Crippen molar-refractivity contribution in [2.45, 2.75) is 44.6 Å². The summed E-state index contributed by atoms with van der Waals surface area (Å²) in [5.74, 6) is 0.647. The van der Waals surface area contributed by atoms with Crippen molar-refractivity contribution < 1.29 is 0 Å². The van der Waals surface area contributed by atoms with Gasteiger partial charge >= 0.3 is 0 Å². The highest BCUT2D eigenvalue weighted by Gasteiger charge is 2.14. The fraction of sp³-hybridized carbons (Fsp3) is 0.412. The summed E-state index contributed by atoms with van der Waals surface area (Å²) in [6, 6.07) is 12.4. The Morgan fingerprint density at radius 1 is 0.952 bits per heavy atom. The lowest BCUT2D eigenvalue weighted by atomic mass is 10.1. The Labute approximate surface area is 130 Å². The molecule has 4 heteroatoms. The van der Waals surface area contributed by atoms with Gasteiger partial charge in [-0.15, -0.1) is 0 Å². The van der Waals surface area contributed by atoms with Gasteiger partial charge in [0.2, 0.25) is 5.95 Å². The smallest absolute Gasteiger partial charge is 0.224 e. The fourth-order valence-electron chi connectivity index (χ4n) is 2.85. The van der Waals surface area contributed by atoms with Crippen molar-refractivity contribution in [1.82, 2.24) is 9.97 Å². The number of nitrogens with one attached hydrogen (secondary N) is 1. The van der Waals surface area contributed by atoms with Gasteiger partial charge in [-0.1, -0.05) is 67.6 Å². The molecule has 1 N–H and O–H groups in total. The number of hydrogen-bond acceptors (Lipinski definition) is 3. The maximum atomic E-state index is 6.16. The summed E-state index contributed by atoms with van der Waals surface area (Å²) >= 11 is 6.16. The number of anilines is 1. The highest BCUT2D eigenvalue weighted by Crippen LogP contribution is 2.24. The summed E-state index contributed by atoms with van der Waals surface area (Å²) in [4.78, 5) is 8.95. The quantitative estimate of drug-likeness (QED) is 0.645. The van der Waals surface area contributed by atoms with Crippen LogP contribution in [0.2, 0.25) is 5.15 Å². The van der Waals surface area contributed by atoms with E-state index in [1.165, 1.54) is 38.5 Å². The molecule has 2 aromatic rings. The predicted octanol–water partition coefficient (Wildman–Crippen LogP) is 4.93. The maximum Gasteiger partial charge on any atom is 0.224 e. The van der Waals surface area contributed by atoms with Crippen LogP contribution in [0.1, 0.15) is 38.5 Å². The third kappa shape index (κ3) is 3.94. The van der Waals surface area contributed by atoms with Crippen molar-refractivity contribution in [3.8, 4) is 11.3 Å². The Kier molecular flexibility index (Phi) is 4.71. The van der Waals surface area contributed by atoms with E-state index in [0.29, 0.717) is 17.1 Å². The zero-order valence-corrected chi connectivity index (χ0v) is 12.8. The number of nitrogens with zero attached hydrogens (tertiary/aromatic N) is 2. The van der Waals surface area contributed by atoms with Gasteiger partial charge in [-0.3, -0.25) is 0 Å². The number of halogens is 1. The van der Waals surface area contributed by atoms with Gasteiger partial charge in [-0.25, -0.2) is 9.97 Å². The van der Waals surface area contributed by atoms with Crippen molar-refractivity contribution in [2.75, 3.05) is 5.32 Å². The molecule has 1 saturated carbocycles. The van der Waals surface area contributed by atoms with Gasteiger partial charge in [-0.2, -0.15) is 0 Å². The average Bonchev–Trinajstić information content (AvgIpc) is 2.76. The molecule has 0 spiro atoms. The van der Waals surface area contributed by atoms with Crippen LogP contribution in [0.3, 0.4) is 0 Å². The molecule has 0 saturated heterocycles. The van der Waals surface area contributed by atoms with E-state index in [1.54, 1.807) is 0 Å². The molecular weight excluding hydrogens is 282 g/mol. The lowest BCUT2D eigenvalue weighted by molar-refractivity contribution is 0.615. The molecule has 3 nitrogen and oxygen atoms in total. The van der Waals surface area contributed by atoms with Crippen LogP contribution in [0.15, 0.2) is 36.4 Å². The Hall–Kier alpha value is -1.61. The molecule has 0 aliphatic heterocycles. The highest BCUT2D eigenvalue weighted by molar-refractivity contribution is 6.29. The van der Waals surface area contributed by atoms with Gasteiger partial charge in [0.15, 0.2) is 0 Å². The number of hydrogen-bond donors (Lipinski definition) is 1. The van der Waals surface area contributed by atoms with Crippen molar-refractivity contribution in [1.29, 1.82) is 0 Å². The van der Waals surface area contributed by atoms with Crippen molar-refractivity contribution in [3.05, 3.63) is 41.6 Å². The Morgan fingerprint density at radius 2 is 1.67 bits per heavy atom. The molecule has 21 heavy (non-hydrogen) atoms. The third-order valence-corrected chi connectivity index (χ3v) is 4.15. The van der Waals surface area contributed by atoms with Crippen LogP contribution < -0.4 is 5.32 Å². The summed E-state index contributed by atoms with van der Waals surface area (Å²) in [6.07, 6.45) is 7.62. The SMILES string of the molecule is Clc1cc(-c2ccccc2)nc(NC2CCCCCC2)n1. The van der Waals surface area contributed by atoms with Gasteiger partial charge in [0.1, 0.15) is 5.15 Å². The Morgan fingerprint density at radius 3 is 2.38 bits per heavy atom. The molecule has 0 radical (unpaired) electrons. The predicted molar refractivity (Wildman–Crippen MR) is 87.6 cm³/mol. The van der Waals surface area contributed by atoms with Crippen LogP contribution in [0.25, 0.3) is 11.3 Å². The first kappa shape index (κ1) is 14.3. The zero-order chi connectivity index (χ0) is 14.5. The molecular formula is C17H20ClN3. The van der Waals surface area contributed by atoms with Crippen LogP contribution >= 0.6 is 11.6 Å². The normalized spacial score (nSPS) is 16.4. The van der Waals surface area contributed by atoms with Crippen molar-refractivity contribution in [2.24, 2.45) is 0 Å². The minimum Gasteiger partial charge on any atom is -0.351 e. The van der Waals surface area contributed by atoms with E-state index in [0.717, 1.165) is 11.3 Å². The number of aromatic nitrogens is 2. The summed E-state index contributed by atoms with van der Waals surface area (Å²) in [6.45, 7) is 0. The standard InChI is InChI=1S/C17H20ClN3/c18-16-12-15(13-8-4-3-5-9-13)20-17(21-16)19-14-10-6-1-2-7-11-14/h3-5,8-9,12,14H,1-2,6-7,10-11H2,(H,19,20,21). The van der Waals surface area contributed by atoms with Gasteiger partial charge in [0.25, 0.3) is 0 Å². The second-order valence-corrected chi connectivity index (χ2v) is 5.99. The molecule has 1 heterocycles. The molecule has 3 rings (SSSR count). The van der Waals surface area contributed by atoms with E-state index in [-0.39, 0.29) is 0 Å². The zero-order valence-electron chi connectivity index (χ0n) is 12.1. The van der Waals surface area contributed by atoms with Crippen molar-refractivity contribution >= 4 is 17.5 Å². The first-order valence-electron chi connectivity index (χ1n) is 7.68. The Balaban J connectivity index is 1.81. The minimum absolute atomic E-state index is 0.467. The van der Waals surface area contributed by atoms with Crippen LogP contribution in [0.4, 0.5) is 5.95 Å². The molecule has 0 amide bonds. The summed E-state index contributed by atoms with van der Waals surface area (Å²) in [5, 5.41) is 3.95. The first-order valence-corrected chi connectivity index (χ1v) is 8.05. The molecule has 1 aliphatic carbocycles. The molecule has 0 atom stereocenters. The van der Waals surface area contributed by atoms with Gasteiger partial charge in [0.05, 0.1) is 5.69 Å². The van der Waals surface area contributed by atoms with Crippen LogP contribution in [-0.4, -0.2) is 16.0 Å². The Bertz CT molecular complexity index is 578. The fourth-order valence-corrected chi connectivity index (χ4v) is 3.03. The van der Waals surface area contributed by atoms with Crippen LogP contribution in [0, 0.1) is 0 Å². The monoisotopic (exact) mass is 301 g/mol. The minimum atomic E-state index is 0.467. The molecule has 0 bridgehead atoms. The third-order valence-electron chi connectivity index (χ3n) is 3.95. The topological polar surface area (TPSA) is 37.8 Å². The second kappa shape index (κ2) is 6.90. The van der Waals surface area contributed by atoms with E-state index in [4.69, 9.17) is 11.6 Å². The molecule has 110 valence electrons. The molecule has 1 aromatic carbocycles. The first-order chi connectivity index (χ1) is 10.3. The van der Waals surface area contributed by atoms with Gasteiger partial charge in [-0.05, 0) is 12.8 Å². The maximum absolute atomic E-state index is 6.16. The van der Waals surface area contributed by atoms with Crippen LogP contribution in [-0.2, 0) is 0 Å². The van der Waals surface area contributed by atoms with E-state index in [2.05, 4.69) is 15.3 Å². The number of rotatable bonds is 3. The molecule has 1 aromatic heterocycles. The lowest BCUT2D eigenvalue weighted by Gasteiger charge is -2.16. The lowest BCUT2D eigenvalue weighted by Crippen LogP contribution is -2.20. The molecule has 0 unspecified atom stereocenters. The summed E-state index contributed by atoms with van der Waals surface area (Å²) in [7, 11) is 0. The number of benzene rings is 1. The summed E-state index contributed by atoms with van der Waals surface area (Å²) < 4.78 is 0. The second-order valence-electron chi connectivity index (χ2n) is 5.60. The van der Waals surface area contributed by atoms with Gasteiger partial charge in [0, 0.05) is 17.7 Å². The largest absolute Gasteiger partial charge is 0.351 e.